The number of rotatable bonds is 3. The molecule has 0 spiro atoms. The van der Waals surface area contributed by atoms with E-state index in [4.69, 9.17) is 0 Å². The lowest BCUT2D eigenvalue weighted by atomic mass is 10.1. The normalized spacial score (nSPS) is 11.7. The van der Waals surface area contributed by atoms with E-state index in [1.54, 1.807) is 0 Å². The molecule has 0 bridgehead atoms. The van der Waals surface area contributed by atoms with Crippen molar-refractivity contribution < 1.29 is 35.9 Å². The van der Waals surface area contributed by atoms with Gasteiger partial charge in [0.15, 0.2) is 0 Å². The van der Waals surface area contributed by atoms with Gasteiger partial charge in [0, 0.05) is 0 Å². The molecule has 0 heterocycles. The van der Waals surface area contributed by atoms with E-state index >= 15 is 0 Å². The topological polar surface area (TPSA) is 26.3 Å². The number of alkyl halides is 5. The Morgan fingerprint density at radius 1 is 1.24 bits per heavy atom. The molecule has 0 aliphatic heterocycles. The summed E-state index contributed by atoms with van der Waals surface area (Å²) in [5, 5.41) is 0. The van der Waals surface area contributed by atoms with Crippen LogP contribution in [0.4, 0.5) is 26.3 Å². The first-order chi connectivity index (χ1) is 7.70. The molecule has 0 aliphatic rings. The van der Waals surface area contributed by atoms with E-state index in [1.807, 2.05) is 0 Å². The molecule has 1 rings (SSSR count). The summed E-state index contributed by atoms with van der Waals surface area (Å²) < 4.78 is 75.6. The summed E-state index contributed by atoms with van der Waals surface area (Å²) in [4.78, 5) is 10.8. The van der Waals surface area contributed by atoms with E-state index in [0.717, 1.165) is 0 Å². The molecule has 0 saturated carbocycles. The van der Waals surface area contributed by atoms with E-state index in [1.165, 1.54) is 0 Å². The number of Topliss-reactive ketones (excluding diaryl/α,β-unsaturated/α-hetero) is 1. The second-order valence-corrected chi connectivity index (χ2v) is 2.85. The van der Waals surface area contributed by atoms with Gasteiger partial charge in [0.1, 0.15) is 11.6 Å². The van der Waals surface area contributed by atoms with Crippen molar-refractivity contribution in [3.8, 4) is 5.75 Å². The quantitative estimate of drug-likeness (QED) is 0.614. The third kappa shape index (κ3) is 3.65. The van der Waals surface area contributed by atoms with E-state index < -0.39 is 35.7 Å². The van der Waals surface area contributed by atoms with Gasteiger partial charge in [0.05, 0.1) is 5.56 Å². The second kappa shape index (κ2) is 4.64. The maximum atomic E-state index is 12.9. The Hall–Kier alpha value is -1.73. The Balaban J connectivity index is 3.07. The number of halogens is 6. The highest BCUT2D eigenvalue weighted by atomic mass is 19.4. The predicted molar refractivity (Wildman–Crippen MR) is 43.4 cm³/mol. The maximum Gasteiger partial charge on any atom is 0.573 e. The lowest BCUT2D eigenvalue weighted by Crippen LogP contribution is -2.18. The summed E-state index contributed by atoms with van der Waals surface area (Å²) in [6.45, 7) is 0. The minimum absolute atomic E-state index is 0.275. The van der Waals surface area contributed by atoms with Crippen LogP contribution in [0.15, 0.2) is 18.2 Å². The average Bonchev–Trinajstić information content (AvgIpc) is 2.17. The summed E-state index contributed by atoms with van der Waals surface area (Å²) in [6, 6.07) is 1.29. The minimum Gasteiger partial charge on any atom is -0.406 e. The first kappa shape index (κ1) is 13.3. The molecule has 0 atom stereocenters. The van der Waals surface area contributed by atoms with Gasteiger partial charge in [-0.2, -0.15) is 0 Å². The van der Waals surface area contributed by atoms with Gasteiger partial charge in [0.2, 0.25) is 5.78 Å². The van der Waals surface area contributed by atoms with Crippen LogP contribution in [0.3, 0.4) is 0 Å². The van der Waals surface area contributed by atoms with Crippen LogP contribution in [0.2, 0.25) is 0 Å². The molecule has 0 radical (unpaired) electrons. The number of benzene rings is 1. The molecule has 0 fully saturated rings. The molecule has 2 nitrogen and oxygen atoms in total. The number of hydrogen-bond donors (Lipinski definition) is 0. The summed E-state index contributed by atoms with van der Waals surface area (Å²) in [5.74, 6) is -4.19. The van der Waals surface area contributed by atoms with Crippen LogP contribution < -0.4 is 4.74 Å². The Bertz CT molecular complexity index is 426. The van der Waals surface area contributed by atoms with Gasteiger partial charge in [0.25, 0.3) is 0 Å². The van der Waals surface area contributed by atoms with Crippen LogP contribution in [0.25, 0.3) is 0 Å². The maximum absolute atomic E-state index is 12.9. The van der Waals surface area contributed by atoms with Crippen molar-refractivity contribution in [3.05, 3.63) is 29.6 Å². The van der Waals surface area contributed by atoms with Gasteiger partial charge in [-0.25, -0.2) is 13.2 Å². The Morgan fingerprint density at radius 3 is 2.29 bits per heavy atom. The van der Waals surface area contributed by atoms with Crippen LogP contribution in [0.5, 0.6) is 5.75 Å². The smallest absolute Gasteiger partial charge is 0.406 e. The van der Waals surface area contributed by atoms with Crippen molar-refractivity contribution in [2.75, 3.05) is 0 Å². The molecule has 0 unspecified atom stereocenters. The number of ketones is 1. The molecular formula is C9H4F6O2. The van der Waals surface area contributed by atoms with Crippen LogP contribution in [-0.4, -0.2) is 18.6 Å². The molecule has 17 heavy (non-hydrogen) atoms. The third-order valence-electron chi connectivity index (χ3n) is 1.64. The van der Waals surface area contributed by atoms with E-state index in [9.17, 15) is 31.1 Å². The molecule has 0 aliphatic carbocycles. The SMILES string of the molecule is O=C(c1cc(OC(F)(F)F)ccc1F)C(F)F. The second-order valence-electron chi connectivity index (χ2n) is 2.85. The molecule has 1 aromatic rings. The highest BCUT2D eigenvalue weighted by molar-refractivity contribution is 5.99. The minimum atomic E-state index is -5.05. The fourth-order valence-corrected chi connectivity index (χ4v) is 1.01. The Kier molecular flexibility index (Phi) is 3.64. The van der Waals surface area contributed by atoms with Crippen LogP contribution >= 0.6 is 0 Å². The summed E-state index contributed by atoms with van der Waals surface area (Å²) in [7, 11) is 0. The lowest BCUT2D eigenvalue weighted by Gasteiger charge is -2.10. The first-order valence-electron chi connectivity index (χ1n) is 4.08. The average molecular weight is 258 g/mol. The number of ether oxygens (including phenoxy) is 1. The van der Waals surface area contributed by atoms with Crippen molar-refractivity contribution in [2.45, 2.75) is 12.8 Å². The van der Waals surface area contributed by atoms with Gasteiger partial charge in [-0.3, -0.25) is 4.79 Å². The Labute approximate surface area is 90.8 Å². The molecular weight excluding hydrogens is 254 g/mol. The largest absolute Gasteiger partial charge is 0.573 e. The van der Waals surface area contributed by atoms with Crippen molar-refractivity contribution in [1.82, 2.24) is 0 Å². The molecule has 1 aromatic carbocycles. The number of hydrogen-bond acceptors (Lipinski definition) is 2. The Morgan fingerprint density at radius 2 is 1.82 bits per heavy atom. The highest BCUT2D eigenvalue weighted by Crippen LogP contribution is 2.25. The number of carbonyl (C=O) groups excluding carboxylic acids is 1. The van der Waals surface area contributed by atoms with Crippen LogP contribution in [-0.2, 0) is 0 Å². The van der Waals surface area contributed by atoms with Crippen molar-refractivity contribution in [3.63, 3.8) is 0 Å². The zero-order chi connectivity index (χ0) is 13.2. The van der Waals surface area contributed by atoms with E-state index in [-0.39, 0.29) is 6.07 Å². The zero-order valence-electron chi connectivity index (χ0n) is 7.89. The van der Waals surface area contributed by atoms with Crippen molar-refractivity contribution in [2.24, 2.45) is 0 Å². The fraction of sp³-hybridized carbons (Fsp3) is 0.222. The van der Waals surface area contributed by atoms with Gasteiger partial charge in [-0.15, -0.1) is 13.2 Å². The third-order valence-corrected chi connectivity index (χ3v) is 1.64. The fourth-order valence-electron chi connectivity index (χ4n) is 1.01. The zero-order valence-corrected chi connectivity index (χ0v) is 7.89. The summed E-state index contributed by atoms with van der Waals surface area (Å²) in [5.41, 5.74) is -1.15. The van der Waals surface area contributed by atoms with Gasteiger partial charge < -0.3 is 4.74 Å². The van der Waals surface area contributed by atoms with Crippen LogP contribution in [0, 0.1) is 5.82 Å². The van der Waals surface area contributed by atoms with Gasteiger partial charge in [-0.05, 0) is 18.2 Å². The van der Waals surface area contributed by atoms with Gasteiger partial charge in [-0.1, -0.05) is 0 Å². The molecule has 8 heteroatoms. The molecule has 0 saturated heterocycles. The standard InChI is InChI=1S/C9H4F6O2/c10-6-2-1-4(17-9(13,14)15)3-5(6)7(16)8(11)12/h1-3,8H. The number of carbonyl (C=O) groups is 1. The van der Waals surface area contributed by atoms with Gasteiger partial charge >= 0.3 is 12.8 Å². The molecule has 0 N–H and O–H groups in total. The highest BCUT2D eigenvalue weighted by Gasteiger charge is 2.32. The molecule has 0 aromatic heterocycles. The van der Waals surface area contributed by atoms with E-state index in [0.29, 0.717) is 12.1 Å². The molecule has 0 amide bonds. The van der Waals surface area contributed by atoms with E-state index in [2.05, 4.69) is 4.74 Å². The van der Waals surface area contributed by atoms with Crippen LogP contribution in [0.1, 0.15) is 10.4 Å². The summed E-state index contributed by atoms with van der Waals surface area (Å²) >= 11 is 0. The predicted octanol–water partition coefficient (Wildman–Crippen LogP) is 3.17. The monoisotopic (exact) mass is 258 g/mol. The van der Waals surface area contributed by atoms with Crippen molar-refractivity contribution in [1.29, 1.82) is 0 Å². The first-order valence-corrected chi connectivity index (χ1v) is 4.08. The lowest BCUT2D eigenvalue weighted by molar-refractivity contribution is -0.274. The summed E-state index contributed by atoms with van der Waals surface area (Å²) in [6.07, 6.45) is -8.56. The van der Waals surface area contributed by atoms with Crippen molar-refractivity contribution >= 4 is 5.78 Å². The molecule has 94 valence electrons.